The predicted octanol–water partition coefficient (Wildman–Crippen LogP) is -6.07. The summed E-state index contributed by atoms with van der Waals surface area (Å²) in [5.41, 5.74) is 11.8. The number of amides is 17. The summed E-state index contributed by atoms with van der Waals surface area (Å²) in [6, 6.07) is -7.71. The van der Waals surface area contributed by atoms with Gasteiger partial charge in [0, 0.05) is 52.6 Å². The fourth-order valence-electron chi connectivity index (χ4n) is 14.4. The van der Waals surface area contributed by atoms with E-state index < -0.39 is 217 Å². The van der Waals surface area contributed by atoms with Crippen LogP contribution in [0.15, 0.2) is 35.3 Å². The third kappa shape index (κ3) is 27.8. The van der Waals surface area contributed by atoms with Gasteiger partial charge >= 0.3 is 5.97 Å². The number of rotatable bonds is 41. The van der Waals surface area contributed by atoms with Crippen molar-refractivity contribution in [2.24, 2.45) is 22.4 Å². The summed E-state index contributed by atoms with van der Waals surface area (Å²) in [6.07, 6.45) is 5.18. The number of hydrogen-bond donors (Lipinski definition) is 16. The highest BCUT2D eigenvalue weighted by atomic mass is 32.2. The van der Waals surface area contributed by atoms with Crippen LogP contribution in [0.5, 0.6) is 0 Å². The molecule has 0 radical (unpaired) electrons. The van der Waals surface area contributed by atoms with Gasteiger partial charge in [-0.05, 0) is 141 Å². The van der Waals surface area contributed by atoms with Crippen LogP contribution < -0.4 is 75.3 Å². The van der Waals surface area contributed by atoms with Gasteiger partial charge in [-0.3, -0.25) is 86.5 Å². The maximum absolute atomic E-state index is 14.7. The molecule has 636 valence electrons. The van der Waals surface area contributed by atoms with Crippen LogP contribution in [-0.4, -0.2) is 309 Å². The van der Waals surface area contributed by atoms with Crippen molar-refractivity contribution >= 4 is 124 Å². The molecule has 14 atom stereocenters. The molecule has 115 heavy (non-hydrogen) atoms. The number of carboxylic acids is 1. The van der Waals surface area contributed by atoms with Gasteiger partial charge in [0.15, 0.2) is 5.96 Å². The first-order chi connectivity index (χ1) is 54.5. The Morgan fingerprint density at radius 1 is 0.461 bits per heavy atom. The van der Waals surface area contributed by atoms with Crippen molar-refractivity contribution in [2.45, 2.75) is 229 Å². The number of likely N-dealkylation sites (tertiary alicyclic amines) is 5. The van der Waals surface area contributed by atoms with Gasteiger partial charge in [0.05, 0.1) is 26.2 Å². The Morgan fingerprint density at radius 3 is 1.40 bits per heavy atom. The lowest BCUT2D eigenvalue weighted by Gasteiger charge is -2.31. The molecule has 18 N–H and O–H groups in total. The van der Waals surface area contributed by atoms with Crippen molar-refractivity contribution in [1.82, 2.24) is 88.3 Å². The minimum Gasteiger partial charge on any atom is -0.480 e. The normalized spacial score (nSPS) is 20.1. The fraction of sp³-hybridized carbons (Fsp3) is 0.662. The number of carbonyl (C=O) groups excluding carboxylic acids is 17. The van der Waals surface area contributed by atoms with Crippen LogP contribution in [0.2, 0.25) is 0 Å². The third-order valence-electron chi connectivity index (χ3n) is 20.4. The Morgan fingerprint density at radius 2 is 0.896 bits per heavy atom. The minimum atomic E-state index is -1.47. The zero-order chi connectivity index (χ0) is 84.9. The van der Waals surface area contributed by atoms with Gasteiger partial charge in [-0.2, -0.15) is 11.8 Å². The molecule has 0 aliphatic carbocycles. The van der Waals surface area contributed by atoms with E-state index in [-0.39, 0.29) is 115 Å². The molecule has 5 aliphatic rings. The summed E-state index contributed by atoms with van der Waals surface area (Å²) in [6.45, 7) is 8.34. The van der Waals surface area contributed by atoms with Crippen LogP contribution in [0.25, 0.3) is 0 Å². The molecular formula is C74H114N20O20S. The molecule has 0 unspecified atom stereocenters. The molecule has 0 saturated carbocycles. The average molecular weight is 1640 g/mol. The number of carboxylic acid groups (broad SMARTS) is 1. The highest BCUT2D eigenvalue weighted by molar-refractivity contribution is 7.98. The number of thioether (sulfide) groups is 1. The standard InChI is InChI=1S/C74H114N20O20S/c1-40(2)34-49(64(104)86-48(20-12-27-77-74(75)76)72(112)94-32-17-25-56(94)69(109)85-47(26-33-115-8)63(103)88-50(73(113)114)35-46-18-10-9-11-19-46)87-68(108)54-23-14-29-91(54)58(98)37-79-60(100)41(3)83-66(106)53-22-13-28-90(53)59(99)38-80-65(105)52-21-15-30-92(52)71(111)44(6)84-67(107)55-24-16-31-93(55)70(110)43(5)82-57(97)36-78-62(102)51(39-95)89-61(101)42(4)81-45(7)96/h9-11,18-19,40-44,47-56,95H,12-17,20-39H2,1-8H3,(H,78,102)(H,79,100)(H,80,105)(H,81,96)(H,82,97)(H,83,106)(H,84,107)(H,85,109)(H,86,104)(H,87,108)(H,88,103)(H,89,101)(H,113,114)(H4,75,76,77)/t41-,42-,43-,44-,47-,48-,49-,50-,51-,52-,53-,54-,55-,56-/m0/s1. The molecule has 0 spiro atoms. The van der Waals surface area contributed by atoms with Gasteiger partial charge in [0.1, 0.15) is 84.6 Å². The molecule has 1 aromatic rings. The number of aliphatic carboxylic acids is 1. The van der Waals surface area contributed by atoms with Crippen LogP contribution in [0, 0.1) is 5.92 Å². The highest BCUT2D eigenvalue weighted by Gasteiger charge is 2.45. The van der Waals surface area contributed by atoms with Crippen molar-refractivity contribution in [3.63, 3.8) is 0 Å². The first kappa shape index (κ1) is 93.1. The first-order valence-electron chi connectivity index (χ1n) is 39.0. The zero-order valence-electron chi connectivity index (χ0n) is 66.4. The van der Waals surface area contributed by atoms with Crippen LogP contribution in [0.4, 0.5) is 0 Å². The first-order valence-corrected chi connectivity index (χ1v) is 40.4. The third-order valence-corrected chi connectivity index (χ3v) is 21.1. The number of nitrogens with two attached hydrogens (primary N) is 2. The number of aliphatic imine (C=N–C) groups is 1. The van der Waals surface area contributed by atoms with E-state index in [9.17, 15) is 96.5 Å². The van der Waals surface area contributed by atoms with Crippen molar-refractivity contribution in [3.8, 4) is 0 Å². The Kier molecular flexibility index (Phi) is 36.7. The monoisotopic (exact) mass is 1630 g/mol. The average Bonchev–Trinajstić information content (AvgIpc) is 1.72. The van der Waals surface area contributed by atoms with Crippen molar-refractivity contribution in [1.29, 1.82) is 0 Å². The molecule has 5 fully saturated rings. The summed E-state index contributed by atoms with van der Waals surface area (Å²) in [5.74, 6) is -13.1. The number of carbonyl (C=O) groups is 18. The molecule has 0 bridgehead atoms. The maximum Gasteiger partial charge on any atom is 0.326 e. The summed E-state index contributed by atoms with van der Waals surface area (Å²) < 4.78 is 0. The number of aliphatic hydroxyl groups is 1. The second kappa shape index (κ2) is 45.4. The second-order valence-corrected chi connectivity index (χ2v) is 30.7. The SMILES string of the molecule is CSCC[C@H](NC(=O)[C@@H]1CCCN1C(=O)[C@H](CCCN=C(N)N)NC(=O)[C@H](CC(C)C)NC(=O)[C@@H]1CCCN1C(=O)CNC(=O)[C@H](C)NC(=O)[C@@H]1CCCN1C(=O)CNC(=O)[C@@H]1CCCN1C(=O)[C@H](C)NC(=O)[C@@H]1CCCN1C(=O)[C@H](C)NC(=O)CNC(=O)[C@H](CO)NC(=O)[C@H](C)NC(C)=O)C(=O)N[C@@H](Cc1ccccc1)C(=O)O. The number of nitrogens with zero attached hydrogens (tertiary/aromatic N) is 6. The maximum atomic E-state index is 14.7. The Balaban J connectivity index is 0.963. The van der Waals surface area contributed by atoms with Crippen LogP contribution in [0.3, 0.4) is 0 Å². The largest absolute Gasteiger partial charge is 0.480 e. The van der Waals surface area contributed by atoms with Crippen molar-refractivity contribution in [2.75, 3.05) is 77.5 Å². The molecule has 17 amide bonds. The summed E-state index contributed by atoms with van der Waals surface area (Å²) in [5, 5.41) is 50.2. The van der Waals surface area contributed by atoms with E-state index in [2.05, 4.69) is 68.8 Å². The van der Waals surface area contributed by atoms with Crippen molar-refractivity contribution in [3.05, 3.63) is 35.9 Å². The summed E-state index contributed by atoms with van der Waals surface area (Å²) in [4.78, 5) is 253. The lowest BCUT2D eigenvalue weighted by Crippen LogP contribution is -2.59. The number of benzene rings is 1. The van der Waals surface area contributed by atoms with Gasteiger partial charge in [0.25, 0.3) is 0 Å². The van der Waals surface area contributed by atoms with Gasteiger partial charge in [-0.25, -0.2) is 4.79 Å². The van der Waals surface area contributed by atoms with E-state index in [4.69, 9.17) is 11.5 Å². The second-order valence-electron chi connectivity index (χ2n) is 29.8. The summed E-state index contributed by atoms with van der Waals surface area (Å²) >= 11 is 1.41. The van der Waals surface area contributed by atoms with E-state index >= 15 is 0 Å². The molecule has 41 heteroatoms. The van der Waals surface area contributed by atoms with E-state index in [0.717, 1.165) is 0 Å². The molecule has 5 saturated heterocycles. The van der Waals surface area contributed by atoms with Crippen molar-refractivity contribution < 1.29 is 96.5 Å². The smallest absolute Gasteiger partial charge is 0.326 e. The molecule has 0 aromatic heterocycles. The molecule has 1 aromatic carbocycles. The lowest BCUT2D eigenvalue weighted by molar-refractivity contribution is -0.144. The van der Waals surface area contributed by atoms with Gasteiger partial charge < -0.3 is 110 Å². The predicted molar refractivity (Wildman–Crippen MR) is 416 cm³/mol. The molecule has 5 aliphatic heterocycles. The van der Waals surface area contributed by atoms with Crippen LogP contribution >= 0.6 is 11.8 Å². The Bertz CT molecular complexity index is 3720. The quantitative estimate of drug-likeness (QED) is 0.0165. The van der Waals surface area contributed by atoms with Gasteiger partial charge in [0.2, 0.25) is 100 Å². The van der Waals surface area contributed by atoms with E-state index in [1.165, 1.54) is 70.9 Å². The minimum absolute atomic E-state index is 0.0131. The van der Waals surface area contributed by atoms with E-state index in [1.54, 1.807) is 30.3 Å². The number of hydrogen-bond acceptors (Lipinski definition) is 21. The number of aliphatic hydroxyl groups excluding tert-OH is 1. The fourth-order valence-corrected chi connectivity index (χ4v) is 14.9. The molecule has 40 nitrogen and oxygen atoms in total. The van der Waals surface area contributed by atoms with Gasteiger partial charge in [-0.15, -0.1) is 0 Å². The van der Waals surface area contributed by atoms with Crippen LogP contribution in [0.1, 0.15) is 144 Å². The molecular weight excluding hydrogens is 1520 g/mol. The summed E-state index contributed by atoms with van der Waals surface area (Å²) in [7, 11) is 0. The number of guanidine groups is 1. The Labute approximate surface area is 671 Å². The highest BCUT2D eigenvalue weighted by Crippen LogP contribution is 2.25. The van der Waals surface area contributed by atoms with Crippen LogP contribution in [-0.2, 0) is 92.7 Å². The lowest BCUT2D eigenvalue weighted by atomic mass is 10.0. The van der Waals surface area contributed by atoms with Gasteiger partial charge in [-0.1, -0.05) is 44.2 Å². The molecule has 6 rings (SSSR count). The topological polar surface area (TPSA) is 573 Å². The Hall–Kier alpha value is -10.7. The van der Waals surface area contributed by atoms with E-state index in [0.29, 0.717) is 43.4 Å². The number of nitrogens with one attached hydrogen (secondary N) is 12. The van der Waals surface area contributed by atoms with E-state index in [1.807, 2.05) is 20.1 Å². The molecule has 5 heterocycles. The zero-order valence-corrected chi connectivity index (χ0v) is 67.2.